The summed E-state index contributed by atoms with van der Waals surface area (Å²) in [5.41, 5.74) is -0.890. The molecule has 1 rings (SSSR count). The molecule has 21 heavy (non-hydrogen) atoms. The van der Waals surface area contributed by atoms with Crippen LogP contribution in [0.5, 0.6) is 11.5 Å². The minimum atomic E-state index is -0.890. The second-order valence-corrected chi connectivity index (χ2v) is 5.19. The van der Waals surface area contributed by atoms with Gasteiger partial charge in [0, 0.05) is 0 Å². The third-order valence-electron chi connectivity index (χ3n) is 3.39. The second-order valence-electron chi connectivity index (χ2n) is 5.19. The Morgan fingerprint density at radius 3 is 2.43 bits per heavy atom. The number of nitrogens with one attached hydrogen (secondary N) is 1. The second kappa shape index (κ2) is 8.52. The van der Waals surface area contributed by atoms with E-state index in [1.54, 1.807) is 14.0 Å². The molecule has 0 heterocycles. The molecule has 5 heteroatoms. The summed E-state index contributed by atoms with van der Waals surface area (Å²) in [6.07, 6.45) is 2.11. The summed E-state index contributed by atoms with van der Waals surface area (Å²) < 4.78 is 10.7. The number of benzene rings is 1. The van der Waals surface area contributed by atoms with Crippen molar-refractivity contribution in [1.82, 2.24) is 5.32 Å². The highest BCUT2D eigenvalue weighted by atomic mass is 16.5. The molecular formula is C16H25NO4. The van der Waals surface area contributed by atoms with Crippen molar-refractivity contribution in [3.05, 3.63) is 24.3 Å². The molecular weight excluding hydrogens is 270 g/mol. The van der Waals surface area contributed by atoms with Crippen LogP contribution in [0.2, 0.25) is 0 Å². The highest BCUT2D eigenvalue weighted by molar-refractivity contribution is 5.78. The molecule has 0 radical (unpaired) electrons. The molecule has 1 unspecified atom stereocenters. The molecule has 0 aliphatic carbocycles. The van der Waals surface area contributed by atoms with E-state index in [1.807, 2.05) is 31.2 Å². The number of methoxy groups -OCH3 is 1. The Hall–Kier alpha value is -1.75. The van der Waals surface area contributed by atoms with Gasteiger partial charge in [0.05, 0.1) is 13.7 Å². The Labute approximate surface area is 126 Å². The van der Waals surface area contributed by atoms with Gasteiger partial charge in [-0.05, 0) is 57.0 Å². The van der Waals surface area contributed by atoms with Crippen molar-refractivity contribution in [2.75, 3.05) is 20.3 Å². The van der Waals surface area contributed by atoms with Gasteiger partial charge in [0.15, 0.2) is 0 Å². The largest absolute Gasteiger partial charge is 0.497 e. The number of hydrogen-bond acceptors (Lipinski definition) is 4. The molecule has 0 bridgehead atoms. The molecule has 2 N–H and O–H groups in total. The van der Waals surface area contributed by atoms with Crippen LogP contribution in [0.25, 0.3) is 0 Å². The van der Waals surface area contributed by atoms with Crippen LogP contribution in [0.4, 0.5) is 0 Å². The first-order valence-corrected chi connectivity index (χ1v) is 7.27. The van der Waals surface area contributed by atoms with Crippen molar-refractivity contribution in [3.8, 4) is 11.5 Å². The van der Waals surface area contributed by atoms with Gasteiger partial charge in [0.25, 0.3) is 0 Å². The molecule has 0 amide bonds. The Morgan fingerprint density at radius 2 is 1.90 bits per heavy atom. The Morgan fingerprint density at radius 1 is 1.29 bits per heavy atom. The van der Waals surface area contributed by atoms with Crippen molar-refractivity contribution in [2.24, 2.45) is 0 Å². The van der Waals surface area contributed by atoms with Gasteiger partial charge in [0.1, 0.15) is 17.0 Å². The van der Waals surface area contributed by atoms with Crippen molar-refractivity contribution >= 4 is 5.97 Å². The van der Waals surface area contributed by atoms with Crippen LogP contribution in [0.15, 0.2) is 24.3 Å². The quantitative estimate of drug-likeness (QED) is 0.650. The van der Waals surface area contributed by atoms with Crippen LogP contribution in [-0.2, 0) is 4.79 Å². The highest BCUT2D eigenvalue weighted by Crippen LogP contribution is 2.18. The summed E-state index contributed by atoms with van der Waals surface area (Å²) in [5, 5.41) is 12.4. The minimum absolute atomic E-state index is 0.489. The fraction of sp³-hybridized carbons (Fsp3) is 0.562. The van der Waals surface area contributed by atoms with Gasteiger partial charge in [-0.15, -0.1) is 0 Å². The zero-order chi connectivity index (χ0) is 15.7. The topological polar surface area (TPSA) is 67.8 Å². The summed E-state index contributed by atoms with van der Waals surface area (Å²) in [6.45, 7) is 4.92. The lowest BCUT2D eigenvalue weighted by Crippen LogP contribution is -2.49. The molecule has 118 valence electrons. The SMILES string of the molecule is CCCNC(C)(CCCOc1ccc(OC)cc1)C(=O)O. The van der Waals surface area contributed by atoms with E-state index in [1.165, 1.54) is 0 Å². The maximum Gasteiger partial charge on any atom is 0.323 e. The summed E-state index contributed by atoms with van der Waals surface area (Å²) >= 11 is 0. The van der Waals surface area contributed by atoms with Crippen LogP contribution in [0, 0.1) is 0 Å². The Kier molecular flexibility index (Phi) is 7.02. The fourth-order valence-electron chi connectivity index (χ4n) is 1.96. The Balaban J connectivity index is 2.38. The van der Waals surface area contributed by atoms with Crippen LogP contribution in [0.3, 0.4) is 0 Å². The first-order chi connectivity index (χ1) is 10.0. The number of carbonyl (C=O) groups is 1. The molecule has 1 aromatic carbocycles. The molecule has 0 fully saturated rings. The number of aliphatic carboxylic acids is 1. The van der Waals surface area contributed by atoms with E-state index in [2.05, 4.69) is 5.32 Å². The van der Waals surface area contributed by atoms with E-state index in [0.29, 0.717) is 26.0 Å². The summed E-state index contributed by atoms with van der Waals surface area (Å²) in [7, 11) is 1.62. The molecule has 1 atom stereocenters. The standard InChI is InChI=1S/C16H25NO4/c1-4-11-17-16(2,15(18)19)10-5-12-21-14-8-6-13(20-3)7-9-14/h6-9,17H,4-5,10-12H2,1-3H3,(H,18,19). The average molecular weight is 295 g/mol. The first kappa shape index (κ1) is 17.3. The maximum absolute atomic E-state index is 11.3. The zero-order valence-electron chi connectivity index (χ0n) is 13.0. The Bertz CT molecular complexity index is 432. The predicted molar refractivity (Wildman–Crippen MR) is 82.1 cm³/mol. The molecule has 0 aliphatic rings. The van der Waals surface area contributed by atoms with Crippen molar-refractivity contribution in [3.63, 3.8) is 0 Å². The third kappa shape index (κ3) is 5.63. The van der Waals surface area contributed by atoms with E-state index < -0.39 is 11.5 Å². The van der Waals surface area contributed by atoms with E-state index in [-0.39, 0.29) is 0 Å². The maximum atomic E-state index is 11.3. The van der Waals surface area contributed by atoms with Gasteiger partial charge < -0.3 is 19.9 Å². The number of hydrogen-bond donors (Lipinski definition) is 2. The number of rotatable bonds is 10. The number of carboxylic acids is 1. The van der Waals surface area contributed by atoms with Gasteiger partial charge in [-0.3, -0.25) is 4.79 Å². The minimum Gasteiger partial charge on any atom is -0.497 e. The summed E-state index contributed by atoms with van der Waals surface area (Å²) in [4.78, 5) is 11.3. The summed E-state index contributed by atoms with van der Waals surface area (Å²) in [6, 6.07) is 7.34. The monoisotopic (exact) mass is 295 g/mol. The molecule has 1 aromatic rings. The summed E-state index contributed by atoms with van der Waals surface area (Å²) in [5.74, 6) is 0.722. The smallest absolute Gasteiger partial charge is 0.323 e. The van der Waals surface area contributed by atoms with Crippen molar-refractivity contribution in [1.29, 1.82) is 0 Å². The molecule has 0 aromatic heterocycles. The molecule has 5 nitrogen and oxygen atoms in total. The first-order valence-electron chi connectivity index (χ1n) is 7.27. The highest BCUT2D eigenvalue weighted by Gasteiger charge is 2.31. The lowest BCUT2D eigenvalue weighted by atomic mass is 9.96. The molecule has 0 saturated carbocycles. The van der Waals surface area contributed by atoms with Crippen LogP contribution >= 0.6 is 0 Å². The third-order valence-corrected chi connectivity index (χ3v) is 3.39. The molecule has 0 spiro atoms. The zero-order valence-corrected chi connectivity index (χ0v) is 13.0. The van der Waals surface area contributed by atoms with Gasteiger partial charge in [-0.1, -0.05) is 6.92 Å². The number of carboxylic acid groups (broad SMARTS) is 1. The molecule has 0 aliphatic heterocycles. The molecule has 0 saturated heterocycles. The van der Waals surface area contributed by atoms with Crippen molar-refractivity contribution < 1.29 is 19.4 Å². The van der Waals surface area contributed by atoms with Gasteiger partial charge >= 0.3 is 5.97 Å². The average Bonchev–Trinajstić information content (AvgIpc) is 2.50. The van der Waals surface area contributed by atoms with Crippen LogP contribution in [0.1, 0.15) is 33.1 Å². The van der Waals surface area contributed by atoms with Gasteiger partial charge in [0.2, 0.25) is 0 Å². The lowest BCUT2D eigenvalue weighted by molar-refractivity contribution is -0.144. The van der Waals surface area contributed by atoms with Gasteiger partial charge in [-0.2, -0.15) is 0 Å². The van der Waals surface area contributed by atoms with Crippen LogP contribution in [-0.4, -0.2) is 36.9 Å². The van der Waals surface area contributed by atoms with E-state index >= 15 is 0 Å². The van der Waals surface area contributed by atoms with Crippen LogP contribution < -0.4 is 14.8 Å². The van der Waals surface area contributed by atoms with E-state index in [0.717, 1.165) is 17.9 Å². The fourth-order valence-corrected chi connectivity index (χ4v) is 1.96. The lowest BCUT2D eigenvalue weighted by Gasteiger charge is -2.26. The van der Waals surface area contributed by atoms with E-state index in [9.17, 15) is 9.90 Å². The van der Waals surface area contributed by atoms with Gasteiger partial charge in [-0.25, -0.2) is 0 Å². The van der Waals surface area contributed by atoms with E-state index in [4.69, 9.17) is 9.47 Å². The predicted octanol–water partition coefficient (Wildman–Crippen LogP) is 2.70. The van der Waals surface area contributed by atoms with Crippen molar-refractivity contribution in [2.45, 2.75) is 38.6 Å². The normalized spacial score (nSPS) is 13.5. The number of ether oxygens (including phenoxy) is 2.